The normalized spacial score (nSPS) is 17.3. The van der Waals surface area contributed by atoms with Gasteiger partial charge in [-0.2, -0.15) is 0 Å². The summed E-state index contributed by atoms with van der Waals surface area (Å²) in [6.45, 7) is 36.7. The number of likely N-dealkylation sites (tertiary alicyclic amines) is 3. The molecule has 8 aliphatic heterocycles. The summed E-state index contributed by atoms with van der Waals surface area (Å²) in [5.41, 5.74) is 1.68. The molecule has 0 saturated carbocycles. The first-order valence-electron chi connectivity index (χ1n) is 51.1. The third-order valence-corrected chi connectivity index (χ3v) is 27.3. The third-order valence-electron chi connectivity index (χ3n) is 26.8. The van der Waals surface area contributed by atoms with E-state index in [2.05, 4.69) is 149 Å². The molecule has 5 saturated heterocycles. The first kappa shape index (κ1) is 108. The van der Waals surface area contributed by atoms with Crippen LogP contribution in [-0.4, -0.2) is 229 Å². The van der Waals surface area contributed by atoms with Gasteiger partial charge < -0.3 is 93.2 Å². The number of amides is 3. The van der Waals surface area contributed by atoms with Crippen LogP contribution < -0.4 is 45.5 Å². The number of aromatic nitrogens is 16. The number of fused-ring (bicyclic) bond motifs is 9. The number of ether oxygens (including phenoxy) is 7. The van der Waals surface area contributed by atoms with Gasteiger partial charge in [0.25, 0.3) is 0 Å². The van der Waals surface area contributed by atoms with Crippen molar-refractivity contribution in [2.75, 3.05) is 81.4 Å². The number of nitrogens with zero attached hydrogens (tertiary/aromatic N) is 19. The zero-order valence-electron chi connectivity index (χ0n) is 87.1. The van der Waals surface area contributed by atoms with Crippen LogP contribution in [-0.2, 0) is 50.1 Å². The van der Waals surface area contributed by atoms with Crippen LogP contribution in [0.5, 0.6) is 23.0 Å². The molecule has 0 radical (unpaired) electrons. The lowest BCUT2D eigenvalue weighted by molar-refractivity contribution is 0.00940. The molecule has 10 aromatic heterocycles. The van der Waals surface area contributed by atoms with Crippen LogP contribution in [0.4, 0.5) is 76.0 Å². The van der Waals surface area contributed by atoms with Gasteiger partial charge in [-0.1, -0.05) is 0 Å². The van der Waals surface area contributed by atoms with Crippen molar-refractivity contribution in [1.29, 1.82) is 0 Å². The smallest absolute Gasteiger partial charge is 0.410 e. The van der Waals surface area contributed by atoms with Gasteiger partial charge in [0.2, 0.25) is 17.8 Å². The fourth-order valence-corrected chi connectivity index (χ4v) is 19.5. The molecule has 3 amide bonds. The van der Waals surface area contributed by atoms with Gasteiger partial charge in [0.05, 0.1) is 66.0 Å². The molecule has 0 aliphatic carbocycles. The largest absolute Gasteiger partial charge is 0.489 e. The van der Waals surface area contributed by atoms with Crippen LogP contribution in [0.15, 0.2) is 133 Å². The van der Waals surface area contributed by atoms with E-state index in [1.165, 1.54) is 18.2 Å². The number of aliphatic hydroxyl groups excluding tert-OH is 1. The quantitative estimate of drug-likeness (QED) is 0.0280. The molecule has 18 heterocycles. The van der Waals surface area contributed by atoms with Crippen molar-refractivity contribution in [2.24, 2.45) is 0 Å². The number of piperidine rings is 5. The van der Waals surface area contributed by atoms with Crippen LogP contribution >= 0.6 is 15.9 Å². The number of aliphatic hydroxyl groups is 1. The maximum atomic E-state index is 15.1. The number of benzene rings is 3. The number of anilines is 6. The van der Waals surface area contributed by atoms with Gasteiger partial charge in [-0.25, -0.2) is 106 Å². The van der Waals surface area contributed by atoms with Crippen molar-refractivity contribution in [3.63, 3.8) is 0 Å². The molecule has 0 atom stereocenters. The molecule has 150 heavy (non-hydrogen) atoms. The minimum absolute atomic E-state index is 0.00511. The molecule has 21 rings (SSSR count). The zero-order chi connectivity index (χ0) is 106. The lowest BCUT2D eigenvalue weighted by atomic mass is 10.0. The number of halogens is 7. The molecule has 42 heteroatoms. The van der Waals surface area contributed by atoms with Gasteiger partial charge in [0.1, 0.15) is 137 Å². The highest BCUT2D eigenvalue weighted by atomic mass is 79.9. The van der Waals surface area contributed by atoms with Crippen molar-refractivity contribution in [1.82, 2.24) is 104 Å². The number of nitrogens with one attached hydrogen (secondary N) is 5. The lowest BCUT2D eigenvalue weighted by Gasteiger charge is -2.33. The van der Waals surface area contributed by atoms with E-state index in [-0.39, 0.29) is 106 Å². The average Bonchev–Trinajstić information content (AvgIpc) is 1.59. The molecule has 13 aromatic rings. The Morgan fingerprint density at radius 1 is 0.360 bits per heavy atom. The average molecular weight is 2130 g/mol. The summed E-state index contributed by atoms with van der Waals surface area (Å²) in [5, 5.41) is 24.9. The monoisotopic (exact) mass is 2130 g/mol. The number of rotatable bonds is 17. The van der Waals surface area contributed by atoms with Gasteiger partial charge in [-0.15, -0.1) is 0 Å². The Morgan fingerprint density at radius 3 is 0.900 bits per heavy atom. The number of hydrogen-bond acceptors (Lipinski definition) is 29. The second-order valence-electron chi connectivity index (χ2n) is 43.4. The number of carbonyl (C=O) groups is 3. The molecular weight excluding hydrogens is 2000 g/mol. The van der Waals surface area contributed by atoms with Crippen LogP contribution in [0.2, 0.25) is 0 Å². The molecule has 5 fully saturated rings. The van der Waals surface area contributed by atoms with Crippen molar-refractivity contribution in [3.8, 4) is 56.8 Å². The number of pyridine rings is 4. The Labute approximate surface area is 874 Å². The standard InChI is InChI=1S/C31H35F2N7O3.2C26H27F2N7O.C15H21BrN2O3.C10H19NO3/c1-30(2,3)43-29(41)39-12-9-19(10-13-39)42-20-6-7-24(34-16-20)36-28-35-17-22(33)26(38-28)18-14-21(32)27-23(15-18)40-25(37-27)8-11-31(40,4)5;2*1-26(2)8-5-22-33-24-18(27)11-15(12-20(24)35(22)26)23-19(28)14-31-25(34-23)32-21-4-3-17(13-30-21)36-16-6-9-29-10-7-16;1-15(2,3)21-14(19)18-8-6-11(7-9-18)20-12-4-5-13(16)17-10-12;1-10(2,3)14-9(13)11-6-4-8(12)5-7-11/h6-7,14-17,19H,8-13H2,1-5H3,(H,34,35,36,38);2*3-4,11-14,16,29H,5-10H2,1-2H3,(H,30,31,32,34);4-5,10-11H,6-9H2,1-3H3;8,12H,4-7H2,1-3H3. The minimum atomic E-state index is -0.667. The number of hydrogen-bond donors (Lipinski definition) is 6. The van der Waals surface area contributed by atoms with Crippen molar-refractivity contribution >= 4 is 103 Å². The molecule has 796 valence electrons. The van der Waals surface area contributed by atoms with E-state index in [4.69, 9.17) is 33.2 Å². The summed E-state index contributed by atoms with van der Waals surface area (Å²) in [6, 6.07) is 23.4. The fourth-order valence-electron chi connectivity index (χ4n) is 19.3. The summed E-state index contributed by atoms with van der Waals surface area (Å²) >= 11 is 3.29. The first-order chi connectivity index (χ1) is 71.3. The Morgan fingerprint density at radius 2 is 0.633 bits per heavy atom. The predicted molar refractivity (Wildman–Crippen MR) is 558 cm³/mol. The molecule has 0 spiro atoms. The number of imidazole rings is 3. The van der Waals surface area contributed by atoms with Crippen LogP contribution in [0.3, 0.4) is 0 Å². The van der Waals surface area contributed by atoms with E-state index in [0.29, 0.717) is 144 Å². The number of carbonyl (C=O) groups excluding carboxylic acids is 3. The van der Waals surface area contributed by atoms with E-state index in [9.17, 15) is 32.7 Å². The van der Waals surface area contributed by atoms with E-state index < -0.39 is 51.7 Å². The molecule has 8 aliphatic rings. The second-order valence-corrected chi connectivity index (χ2v) is 44.2. The summed E-state index contributed by atoms with van der Waals surface area (Å²) in [5.74, 6) is 3.60. The van der Waals surface area contributed by atoms with E-state index in [0.717, 1.165) is 150 Å². The first-order valence-corrected chi connectivity index (χ1v) is 51.9. The SMILES string of the molecule is CC(C)(C)OC(=O)N1CCC(O)CC1.CC(C)(C)OC(=O)N1CCC(Oc2ccc(Br)nc2)CC1.CC(C)(C)OC(=O)N1CCC(Oc2ccc(Nc3ncc(F)c(-c4cc(F)c5nc6n(c5c4)C(C)(C)CC6)n3)nc2)CC1.CC1(C)CCc2nc3c(F)cc(-c4nc(Nc5ccc(OC6CCNCC6)cn5)ncc4F)cc3n21.CC1(C)CCc2nc3c(F)cc(-c4nc(Nc5ccc(OC6CCNCC6)cn5)ncc4F)cc3n21. The Hall–Kier alpha value is -13.7. The van der Waals surface area contributed by atoms with Gasteiger partial charge in [-0.3, -0.25) is 0 Å². The topological polar surface area (TPSA) is 388 Å². The van der Waals surface area contributed by atoms with E-state index in [1.807, 2.05) is 100 Å². The molecule has 0 bridgehead atoms. The van der Waals surface area contributed by atoms with Gasteiger partial charge in [-0.05, 0) is 289 Å². The maximum absolute atomic E-state index is 15.1. The minimum Gasteiger partial charge on any atom is -0.489 e. The van der Waals surface area contributed by atoms with Crippen molar-refractivity contribution < 1.29 is 79.0 Å². The van der Waals surface area contributed by atoms with Crippen LogP contribution in [0, 0.1) is 34.9 Å². The highest BCUT2D eigenvalue weighted by Gasteiger charge is 2.39. The molecule has 35 nitrogen and oxygen atoms in total. The molecule has 3 aromatic carbocycles. The van der Waals surface area contributed by atoms with Crippen LogP contribution in [0.1, 0.15) is 205 Å². The maximum Gasteiger partial charge on any atom is 0.410 e. The van der Waals surface area contributed by atoms with Crippen molar-refractivity contribution in [2.45, 2.75) is 271 Å². The van der Waals surface area contributed by atoms with Crippen LogP contribution in [0.25, 0.3) is 66.9 Å². The summed E-state index contributed by atoms with van der Waals surface area (Å²) in [7, 11) is 0. The zero-order valence-corrected chi connectivity index (χ0v) is 88.7. The summed E-state index contributed by atoms with van der Waals surface area (Å²) in [4.78, 5) is 96.8. The van der Waals surface area contributed by atoms with Gasteiger partial charge in [0, 0.05) is 118 Å². The second kappa shape index (κ2) is 45.2. The van der Waals surface area contributed by atoms with Gasteiger partial charge >= 0.3 is 18.3 Å². The Bertz CT molecular complexity index is 6750. The highest BCUT2D eigenvalue weighted by molar-refractivity contribution is 9.10. The summed E-state index contributed by atoms with van der Waals surface area (Å²) in [6.07, 6.45) is 22.2. The highest BCUT2D eigenvalue weighted by Crippen LogP contribution is 2.44. The number of aryl methyl sites for hydroxylation is 3. The Balaban J connectivity index is 0.000000133. The third kappa shape index (κ3) is 26.8. The predicted octanol–water partition coefficient (Wildman–Crippen LogP) is 20.8. The summed E-state index contributed by atoms with van der Waals surface area (Å²) < 4.78 is 137. The van der Waals surface area contributed by atoms with Crippen molar-refractivity contribution in [3.05, 3.63) is 185 Å². The molecule has 6 N–H and O–H groups in total. The van der Waals surface area contributed by atoms with Gasteiger partial charge in [0.15, 0.2) is 34.9 Å². The molecule has 0 unspecified atom stereocenters. The Kier molecular flexibility index (Phi) is 32.4. The molecular formula is C108H129BrF6N24O11. The fraction of sp³-hybridized carbons (Fsp3) is 0.481. The van der Waals surface area contributed by atoms with E-state index >= 15 is 13.2 Å². The van der Waals surface area contributed by atoms with E-state index in [1.54, 1.807) is 82.0 Å². The lowest BCUT2D eigenvalue weighted by Crippen LogP contribution is -2.44.